The predicted molar refractivity (Wildman–Crippen MR) is 99.5 cm³/mol. The number of ether oxygens (including phenoxy) is 1. The molecule has 27 heavy (non-hydrogen) atoms. The van der Waals surface area contributed by atoms with E-state index < -0.39 is 5.69 Å². The summed E-state index contributed by atoms with van der Waals surface area (Å²) in [6.07, 6.45) is 5.53. The molecule has 2 heterocycles. The number of likely N-dealkylation sites (tertiary alicyclic amines) is 1. The molecule has 150 valence electrons. The molecule has 1 saturated heterocycles. The minimum absolute atomic E-state index is 0.0657. The van der Waals surface area contributed by atoms with Crippen molar-refractivity contribution in [3.05, 3.63) is 22.4 Å². The number of carbonyl (C=O) groups excluding carboxylic acids is 2. The Morgan fingerprint density at radius 3 is 2.74 bits per heavy atom. The highest BCUT2D eigenvalue weighted by molar-refractivity contribution is 5.92. The number of nitrogens with zero attached hydrogens (tertiary/aromatic N) is 1. The van der Waals surface area contributed by atoms with Gasteiger partial charge in [0.25, 0.3) is 5.91 Å². The van der Waals surface area contributed by atoms with Crippen LogP contribution in [0.5, 0.6) is 0 Å². The molecule has 0 radical (unpaired) electrons. The monoisotopic (exact) mass is 379 g/mol. The van der Waals surface area contributed by atoms with Gasteiger partial charge in [0, 0.05) is 32.3 Å². The van der Waals surface area contributed by atoms with Crippen LogP contribution in [0.3, 0.4) is 0 Å². The summed E-state index contributed by atoms with van der Waals surface area (Å²) in [5.74, 6) is -0.390. The average Bonchev–Trinajstić information content (AvgIpc) is 3.33. The van der Waals surface area contributed by atoms with Gasteiger partial charge in [-0.05, 0) is 45.2 Å². The van der Waals surface area contributed by atoms with Crippen LogP contribution in [-0.4, -0.2) is 72.1 Å². The van der Waals surface area contributed by atoms with Gasteiger partial charge in [-0.2, -0.15) is 0 Å². The highest BCUT2D eigenvalue weighted by Crippen LogP contribution is 2.27. The minimum atomic E-state index is -0.419. The maximum atomic E-state index is 12.5. The maximum absolute atomic E-state index is 12.5. The topological polar surface area (TPSA) is 119 Å². The molecule has 1 saturated carbocycles. The summed E-state index contributed by atoms with van der Waals surface area (Å²) in [4.78, 5) is 43.1. The Labute approximate surface area is 158 Å². The number of aromatic amines is 2. The Balaban J connectivity index is 1.46. The molecule has 4 N–H and O–H groups in total. The zero-order valence-corrected chi connectivity index (χ0v) is 15.8. The molecule has 2 amide bonds. The second-order valence-corrected chi connectivity index (χ2v) is 7.36. The van der Waals surface area contributed by atoms with E-state index in [4.69, 9.17) is 4.74 Å². The van der Waals surface area contributed by atoms with E-state index in [2.05, 4.69) is 25.5 Å². The SMILES string of the molecule is CO[C@@H]1C[C@@H](C(=O)NCCN2CCCC2)CC[C@H]1NC(=O)c1c[nH]c(=O)[nH]1. The summed E-state index contributed by atoms with van der Waals surface area (Å²) in [6, 6.07) is -0.186. The summed E-state index contributed by atoms with van der Waals surface area (Å²) in [7, 11) is 1.59. The van der Waals surface area contributed by atoms with Crippen LogP contribution in [0.1, 0.15) is 42.6 Å². The van der Waals surface area contributed by atoms with Gasteiger partial charge in [-0.15, -0.1) is 0 Å². The van der Waals surface area contributed by atoms with Crippen LogP contribution in [0.2, 0.25) is 0 Å². The van der Waals surface area contributed by atoms with E-state index in [1.807, 2.05) is 0 Å². The highest BCUT2D eigenvalue weighted by atomic mass is 16.5. The zero-order valence-electron chi connectivity index (χ0n) is 15.8. The van der Waals surface area contributed by atoms with Crippen molar-refractivity contribution in [3.8, 4) is 0 Å². The number of aromatic nitrogens is 2. The largest absolute Gasteiger partial charge is 0.379 e. The average molecular weight is 379 g/mol. The number of methoxy groups -OCH3 is 1. The summed E-state index contributed by atoms with van der Waals surface area (Å²) < 4.78 is 5.53. The molecule has 3 atom stereocenters. The molecule has 2 fully saturated rings. The van der Waals surface area contributed by atoms with Crippen LogP contribution in [0.25, 0.3) is 0 Å². The number of nitrogens with one attached hydrogen (secondary N) is 4. The fourth-order valence-electron chi connectivity index (χ4n) is 3.98. The molecule has 0 bridgehead atoms. The van der Waals surface area contributed by atoms with Crippen LogP contribution in [0, 0.1) is 5.92 Å². The molecule has 1 aromatic rings. The Morgan fingerprint density at radius 2 is 2.07 bits per heavy atom. The van der Waals surface area contributed by atoms with E-state index >= 15 is 0 Å². The van der Waals surface area contributed by atoms with Gasteiger partial charge in [0.15, 0.2) is 0 Å². The highest BCUT2D eigenvalue weighted by Gasteiger charge is 2.35. The Kier molecular flexibility index (Phi) is 6.68. The van der Waals surface area contributed by atoms with Gasteiger partial charge in [0.1, 0.15) is 5.69 Å². The van der Waals surface area contributed by atoms with Crippen molar-refractivity contribution in [2.45, 2.75) is 44.2 Å². The van der Waals surface area contributed by atoms with Crippen LogP contribution in [0.15, 0.2) is 11.0 Å². The van der Waals surface area contributed by atoms with Crippen molar-refractivity contribution in [1.82, 2.24) is 25.5 Å². The van der Waals surface area contributed by atoms with Gasteiger partial charge in [0.2, 0.25) is 5.91 Å². The lowest BCUT2D eigenvalue weighted by Crippen LogP contribution is -2.50. The third-order valence-corrected chi connectivity index (χ3v) is 5.55. The molecule has 1 aliphatic heterocycles. The van der Waals surface area contributed by atoms with Gasteiger partial charge < -0.3 is 30.2 Å². The smallest absolute Gasteiger partial charge is 0.323 e. The van der Waals surface area contributed by atoms with Gasteiger partial charge >= 0.3 is 5.69 Å². The number of imidazole rings is 1. The van der Waals surface area contributed by atoms with Crippen molar-refractivity contribution < 1.29 is 14.3 Å². The number of amides is 2. The summed E-state index contributed by atoms with van der Waals surface area (Å²) in [6.45, 7) is 3.82. The van der Waals surface area contributed by atoms with E-state index in [0.717, 1.165) is 19.6 Å². The number of hydrogen-bond acceptors (Lipinski definition) is 5. The first kappa shape index (κ1) is 19.6. The predicted octanol–water partition coefficient (Wildman–Crippen LogP) is -0.171. The Morgan fingerprint density at radius 1 is 1.30 bits per heavy atom. The lowest BCUT2D eigenvalue weighted by Gasteiger charge is -2.35. The quantitative estimate of drug-likeness (QED) is 0.524. The van der Waals surface area contributed by atoms with Crippen molar-refractivity contribution in [1.29, 1.82) is 0 Å². The molecule has 9 nitrogen and oxygen atoms in total. The number of hydrogen-bond donors (Lipinski definition) is 4. The second kappa shape index (κ2) is 9.18. The van der Waals surface area contributed by atoms with E-state index in [1.165, 1.54) is 19.0 Å². The van der Waals surface area contributed by atoms with Crippen molar-refractivity contribution >= 4 is 11.8 Å². The number of carbonyl (C=O) groups is 2. The molecule has 2 aliphatic rings. The molecular formula is C18H29N5O4. The van der Waals surface area contributed by atoms with E-state index in [9.17, 15) is 14.4 Å². The first-order chi connectivity index (χ1) is 13.1. The van der Waals surface area contributed by atoms with Gasteiger partial charge in [-0.25, -0.2) is 4.79 Å². The standard InChI is InChI=1S/C18H29N5O4/c1-27-15-10-12(16(24)19-6-9-23-7-2-3-8-23)4-5-13(15)21-17(25)14-11-20-18(26)22-14/h11-13,15H,2-10H2,1H3,(H,19,24)(H,21,25)(H2,20,22,26)/t12-,13+,15+/m0/s1. The van der Waals surface area contributed by atoms with Crippen LogP contribution >= 0.6 is 0 Å². The van der Waals surface area contributed by atoms with Crippen molar-refractivity contribution in [3.63, 3.8) is 0 Å². The minimum Gasteiger partial charge on any atom is -0.379 e. The van der Waals surface area contributed by atoms with Gasteiger partial charge in [0.05, 0.1) is 12.1 Å². The lowest BCUT2D eigenvalue weighted by molar-refractivity contribution is -0.128. The fraction of sp³-hybridized carbons (Fsp3) is 0.722. The van der Waals surface area contributed by atoms with E-state index in [1.54, 1.807) is 7.11 Å². The summed E-state index contributed by atoms with van der Waals surface area (Å²) >= 11 is 0. The normalized spacial score (nSPS) is 26.0. The Bertz CT molecular complexity index is 694. The van der Waals surface area contributed by atoms with Crippen LogP contribution in [-0.2, 0) is 9.53 Å². The van der Waals surface area contributed by atoms with Gasteiger partial charge in [-0.3, -0.25) is 9.59 Å². The lowest BCUT2D eigenvalue weighted by atomic mass is 9.83. The van der Waals surface area contributed by atoms with E-state index in [0.29, 0.717) is 25.8 Å². The third-order valence-electron chi connectivity index (χ3n) is 5.55. The van der Waals surface area contributed by atoms with Crippen molar-refractivity contribution in [2.75, 3.05) is 33.3 Å². The zero-order chi connectivity index (χ0) is 19.2. The summed E-state index contributed by atoms with van der Waals surface area (Å²) in [5, 5.41) is 5.94. The molecule has 9 heteroatoms. The van der Waals surface area contributed by atoms with Crippen molar-refractivity contribution in [2.24, 2.45) is 5.92 Å². The molecule has 1 aromatic heterocycles. The first-order valence-electron chi connectivity index (χ1n) is 9.68. The molecular weight excluding hydrogens is 350 g/mol. The maximum Gasteiger partial charge on any atom is 0.323 e. The Hall–Kier alpha value is -2.13. The van der Waals surface area contributed by atoms with E-state index in [-0.39, 0.29) is 35.6 Å². The third kappa shape index (κ3) is 5.20. The number of H-pyrrole nitrogens is 2. The molecule has 0 spiro atoms. The van der Waals surface area contributed by atoms with Gasteiger partial charge in [-0.1, -0.05) is 0 Å². The fourth-order valence-corrected chi connectivity index (χ4v) is 3.98. The molecule has 3 rings (SSSR count). The number of rotatable bonds is 7. The molecule has 1 aliphatic carbocycles. The van der Waals surface area contributed by atoms with Crippen LogP contribution in [0.4, 0.5) is 0 Å². The second-order valence-electron chi connectivity index (χ2n) is 7.36. The first-order valence-corrected chi connectivity index (χ1v) is 9.68. The van der Waals surface area contributed by atoms with Crippen LogP contribution < -0.4 is 16.3 Å². The molecule has 0 unspecified atom stereocenters. The molecule has 0 aromatic carbocycles. The summed E-state index contributed by atoms with van der Waals surface area (Å²) in [5.41, 5.74) is -0.227.